The topological polar surface area (TPSA) is 42.0 Å². The van der Waals surface area contributed by atoms with Crippen molar-refractivity contribution in [1.82, 2.24) is 4.98 Å². The van der Waals surface area contributed by atoms with Crippen molar-refractivity contribution in [1.29, 1.82) is 0 Å². The molecule has 1 N–H and O–H groups in total. The van der Waals surface area contributed by atoms with E-state index in [0.29, 0.717) is 11.6 Å². The quantitative estimate of drug-likeness (QED) is 0.668. The molecule has 0 aliphatic carbocycles. The van der Waals surface area contributed by atoms with Crippen LogP contribution in [0.2, 0.25) is 0 Å². The van der Waals surface area contributed by atoms with Crippen molar-refractivity contribution in [3.05, 3.63) is 56.0 Å². The van der Waals surface area contributed by atoms with Crippen LogP contribution in [-0.2, 0) is 11.2 Å². The number of benzene rings is 1. The molecular weight excluding hydrogens is 380 g/mol. The van der Waals surface area contributed by atoms with Crippen LogP contribution in [0.1, 0.15) is 10.4 Å². The van der Waals surface area contributed by atoms with Crippen LogP contribution in [0, 0.1) is 6.92 Å². The van der Waals surface area contributed by atoms with Crippen molar-refractivity contribution in [3.8, 4) is 11.3 Å². The van der Waals surface area contributed by atoms with Gasteiger partial charge in [-0.25, -0.2) is 4.98 Å². The van der Waals surface area contributed by atoms with Gasteiger partial charge in [-0.2, -0.15) is 11.3 Å². The molecule has 0 atom stereocenters. The largest absolute Gasteiger partial charge is 0.302 e. The van der Waals surface area contributed by atoms with Gasteiger partial charge < -0.3 is 5.32 Å². The summed E-state index contributed by atoms with van der Waals surface area (Å²) in [5.74, 6) is -0.0329. The number of carbonyl (C=O) groups excluding carboxylic acids is 1. The van der Waals surface area contributed by atoms with Crippen molar-refractivity contribution in [2.45, 2.75) is 13.3 Å². The molecule has 0 bridgehead atoms. The predicted molar refractivity (Wildman–Crippen MR) is 96.6 cm³/mol. The second-order valence-electron chi connectivity index (χ2n) is 4.79. The molecule has 2 heterocycles. The summed E-state index contributed by atoms with van der Waals surface area (Å²) >= 11 is 6.53. The lowest BCUT2D eigenvalue weighted by atomic mass is 10.1. The first-order valence-electron chi connectivity index (χ1n) is 6.66. The molecule has 0 saturated heterocycles. The molecule has 0 aliphatic heterocycles. The van der Waals surface area contributed by atoms with Gasteiger partial charge in [-0.05, 0) is 41.4 Å². The highest BCUT2D eigenvalue weighted by Crippen LogP contribution is 2.31. The summed E-state index contributed by atoms with van der Waals surface area (Å²) in [6.07, 6.45) is 0.385. The molecule has 1 aromatic carbocycles. The van der Waals surface area contributed by atoms with Crippen LogP contribution in [0.5, 0.6) is 0 Å². The van der Waals surface area contributed by atoms with Crippen LogP contribution in [0.25, 0.3) is 11.3 Å². The predicted octanol–water partition coefficient (Wildman–Crippen LogP) is 5.12. The molecule has 112 valence electrons. The van der Waals surface area contributed by atoms with E-state index < -0.39 is 0 Å². The number of hydrogen-bond donors (Lipinski definition) is 1. The Morgan fingerprint density at radius 3 is 2.73 bits per heavy atom. The summed E-state index contributed by atoms with van der Waals surface area (Å²) in [5.41, 5.74) is 3.00. The van der Waals surface area contributed by atoms with Crippen molar-refractivity contribution >= 4 is 49.6 Å². The molecule has 0 saturated carbocycles. The van der Waals surface area contributed by atoms with E-state index in [0.717, 1.165) is 26.2 Å². The lowest BCUT2D eigenvalue weighted by Crippen LogP contribution is -2.13. The van der Waals surface area contributed by atoms with Gasteiger partial charge in [0, 0.05) is 14.9 Å². The van der Waals surface area contributed by atoms with E-state index in [-0.39, 0.29) is 5.91 Å². The van der Waals surface area contributed by atoms with E-state index in [9.17, 15) is 4.79 Å². The van der Waals surface area contributed by atoms with Crippen LogP contribution in [-0.4, -0.2) is 10.9 Å². The maximum atomic E-state index is 12.0. The zero-order valence-electron chi connectivity index (χ0n) is 11.8. The number of amides is 1. The molecule has 3 aromatic rings. The summed E-state index contributed by atoms with van der Waals surface area (Å²) in [6.45, 7) is 2.02. The highest BCUT2D eigenvalue weighted by molar-refractivity contribution is 9.10. The van der Waals surface area contributed by atoms with E-state index in [4.69, 9.17) is 0 Å². The van der Waals surface area contributed by atoms with E-state index in [1.54, 1.807) is 11.3 Å². The second-order valence-corrected chi connectivity index (χ2v) is 7.69. The Bertz CT molecular complexity index is 779. The monoisotopic (exact) mass is 392 g/mol. The Morgan fingerprint density at radius 2 is 2.05 bits per heavy atom. The summed E-state index contributed by atoms with van der Waals surface area (Å²) in [5, 5.41) is 7.50. The molecule has 22 heavy (non-hydrogen) atoms. The van der Waals surface area contributed by atoms with E-state index in [2.05, 4.69) is 26.2 Å². The first kappa shape index (κ1) is 15.4. The molecule has 2 aromatic heterocycles. The normalized spacial score (nSPS) is 10.6. The van der Waals surface area contributed by atoms with Crippen molar-refractivity contribution < 1.29 is 4.79 Å². The molecule has 1 amide bonds. The SMILES string of the molecule is Cc1sc(NC(=O)Cc2ccsc2)nc1-c1ccc(Br)cc1. The third-order valence-electron chi connectivity index (χ3n) is 3.11. The van der Waals surface area contributed by atoms with Gasteiger partial charge in [-0.1, -0.05) is 28.1 Å². The van der Waals surface area contributed by atoms with Gasteiger partial charge in [-0.3, -0.25) is 4.79 Å². The number of aromatic nitrogens is 1. The number of hydrogen-bond acceptors (Lipinski definition) is 4. The molecule has 0 fully saturated rings. The molecule has 0 aliphatic rings. The second kappa shape index (κ2) is 6.73. The van der Waals surface area contributed by atoms with Crippen molar-refractivity contribution in [3.63, 3.8) is 0 Å². The molecule has 3 rings (SSSR count). The average molecular weight is 393 g/mol. The van der Waals surface area contributed by atoms with Gasteiger partial charge in [0.2, 0.25) is 5.91 Å². The highest BCUT2D eigenvalue weighted by atomic mass is 79.9. The Balaban J connectivity index is 1.74. The fourth-order valence-electron chi connectivity index (χ4n) is 2.07. The number of nitrogens with zero attached hydrogens (tertiary/aromatic N) is 1. The smallest absolute Gasteiger partial charge is 0.230 e. The molecule has 3 nitrogen and oxygen atoms in total. The molecule has 6 heteroatoms. The number of aryl methyl sites for hydroxylation is 1. The number of rotatable bonds is 4. The van der Waals surface area contributed by atoms with Gasteiger partial charge in [0.05, 0.1) is 12.1 Å². The van der Waals surface area contributed by atoms with E-state index in [1.807, 2.05) is 48.0 Å². The minimum atomic E-state index is -0.0329. The zero-order valence-corrected chi connectivity index (χ0v) is 15.0. The van der Waals surface area contributed by atoms with Crippen molar-refractivity contribution in [2.75, 3.05) is 5.32 Å². The Morgan fingerprint density at radius 1 is 1.27 bits per heavy atom. The lowest BCUT2D eigenvalue weighted by Gasteiger charge is -2.00. The Kier molecular flexibility index (Phi) is 4.71. The number of thiophene rings is 1. The fourth-order valence-corrected chi connectivity index (χ4v) is 3.85. The van der Waals surface area contributed by atoms with E-state index in [1.165, 1.54) is 11.3 Å². The summed E-state index contributed by atoms with van der Waals surface area (Å²) in [6, 6.07) is 9.97. The average Bonchev–Trinajstić information content (AvgIpc) is 3.10. The van der Waals surface area contributed by atoms with Crippen LogP contribution >= 0.6 is 38.6 Å². The van der Waals surface area contributed by atoms with Crippen molar-refractivity contribution in [2.24, 2.45) is 0 Å². The Labute approximate surface area is 145 Å². The fraction of sp³-hybridized carbons (Fsp3) is 0.125. The maximum absolute atomic E-state index is 12.0. The van der Waals surface area contributed by atoms with Crippen LogP contribution in [0.4, 0.5) is 5.13 Å². The van der Waals surface area contributed by atoms with Crippen LogP contribution in [0.3, 0.4) is 0 Å². The summed E-state index contributed by atoms with van der Waals surface area (Å²) in [7, 11) is 0. The standard InChI is InChI=1S/C16H13BrN2OS2/c1-10-15(12-2-4-13(17)5-3-12)19-16(22-10)18-14(20)8-11-6-7-21-9-11/h2-7,9H,8H2,1H3,(H,18,19,20). The van der Waals surface area contributed by atoms with Crippen LogP contribution in [0.15, 0.2) is 45.6 Å². The third-order valence-corrected chi connectivity index (χ3v) is 5.25. The summed E-state index contributed by atoms with van der Waals surface area (Å²) in [4.78, 5) is 17.7. The number of carbonyl (C=O) groups is 1. The molecule has 0 spiro atoms. The Hall–Kier alpha value is -1.50. The van der Waals surface area contributed by atoms with Gasteiger partial charge >= 0.3 is 0 Å². The third kappa shape index (κ3) is 3.63. The molecular formula is C16H13BrN2OS2. The number of halogens is 1. The zero-order chi connectivity index (χ0) is 15.5. The summed E-state index contributed by atoms with van der Waals surface area (Å²) < 4.78 is 1.04. The van der Waals surface area contributed by atoms with Gasteiger partial charge in [0.25, 0.3) is 0 Å². The first-order valence-corrected chi connectivity index (χ1v) is 9.21. The maximum Gasteiger partial charge on any atom is 0.230 e. The number of nitrogens with one attached hydrogen (secondary N) is 1. The van der Waals surface area contributed by atoms with Gasteiger partial charge in [-0.15, -0.1) is 11.3 Å². The van der Waals surface area contributed by atoms with E-state index >= 15 is 0 Å². The first-order chi connectivity index (χ1) is 10.6. The number of thiazole rings is 1. The number of anilines is 1. The highest BCUT2D eigenvalue weighted by Gasteiger charge is 2.12. The minimum Gasteiger partial charge on any atom is -0.302 e. The molecule has 0 radical (unpaired) electrons. The van der Waals surface area contributed by atoms with Crippen LogP contribution < -0.4 is 5.32 Å². The minimum absolute atomic E-state index is 0.0329. The van der Waals surface area contributed by atoms with Gasteiger partial charge in [0.1, 0.15) is 0 Å². The molecule has 0 unspecified atom stereocenters. The van der Waals surface area contributed by atoms with Gasteiger partial charge in [0.15, 0.2) is 5.13 Å². The lowest BCUT2D eigenvalue weighted by molar-refractivity contribution is -0.115.